The molecule has 0 fully saturated rings. The van der Waals surface area contributed by atoms with Gasteiger partial charge in [-0.15, -0.1) is 0 Å². The first-order chi connectivity index (χ1) is 9.81. The minimum Gasteiger partial charge on any atom is -0.350 e. The predicted octanol–water partition coefficient (Wildman–Crippen LogP) is 1.81. The van der Waals surface area contributed by atoms with Crippen LogP contribution in [0.2, 0.25) is 0 Å². The van der Waals surface area contributed by atoms with Crippen molar-refractivity contribution in [3.05, 3.63) is 0 Å². The Hall–Kier alpha value is -1.10. The van der Waals surface area contributed by atoms with E-state index >= 15 is 0 Å². The molecule has 0 heterocycles. The molecule has 0 rings (SSSR count). The Morgan fingerprint density at radius 1 is 1.10 bits per heavy atom. The average Bonchev–Trinajstić information content (AvgIpc) is 2.39. The first kappa shape index (κ1) is 19.9. The lowest BCUT2D eigenvalue weighted by molar-refractivity contribution is -0.130. The Morgan fingerprint density at radius 3 is 2.14 bits per heavy atom. The minimum atomic E-state index is -0.494. The number of hydrogen-bond acceptors (Lipinski definition) is 3. The molecule has 0 bridgehead atoms. The van der Waals surface area contributed by atoms with E-state index in [4.69, 9.17) is 5.73 Å². The van der Waals surface area contributed by atoms with Crippen molar-refractivity contribution in [2.24, 2.45) is 17.6 Å². The van der Waals surface area contributed by atoms with Crippen molar-refractivity contribution in [1.29, 1.82) is 0 Å². The van der Waals surface area contributed by atoms with Crippen LogP contribution in [0.3, 0.4) is 0 Å². The second-order valence-electron chi connectivity index (χ2n) is 6.47. The highest BCUT2D eigenvalue weighted by atomic mass is 16.2. The molecule has 2 atom stereocenters. The monoisotopic (exact) mass is 299 g/mol. The van der Waals surface area contributed by atoms with E-state index in [2.05, 4.69) is 17.6 Å². The van der Waals surface area contributed by atoms with E-state index in [1.54, 1.807) is 0 Å². The van der Waals surface area contributed by atoms with Crippen LogP contribution in [0.15, 0.2) is 0 Å². The molecule has 0 aliphatic carbocycles. The highest BCUT2D eigenvalue weighted by Crippen LogP contribution is 2.07. The molecule has 0 aromatic heterocycles. The number of rotatable bonds is 10. The van der Waals surface area contributed by atoms with E-state index in [0.29, 0.717) is 13.0 Å². The van der Waals surface area contributed by atoms with Crippen LogP contribution in [-0.2, 0) is 9.59 Å². The molecular weight excluding hydrogens is 266 g/mol. The number of nitrogens with two attached hydrogens (primary N) is 1. The molecule has 21 heavy (non-hydrogen) atoms. The molecule has 0 radical (unpaired) electrons. The van der Waals surface area contributed by atoms with E-state index in [1.807, 2.05) is 27.7 Å². The van der Waals surface area contributed by atoms with Gasteiger partial charge in [-0.05, 0) is 18.3 Å². The molecule has 0 aliphatic heterocycles. The lowest BCUT2D eigenvalue weighted by Crippen LogP contribution is -2.53. The Morgan fingerprint density at radius 2 is 1.71 bits per heavy atom. The van der Waals surface area contributed by atoms with Gasteiger partial charge in [0.25, 0.3) is 0 Å². The van der Waals surface area contributed by atoms with Crippen LogP contribution in [-0.4, -0.2) is 30.4 Å². The molecule has 0 saturated heterocycles. The number of nitrogens with one attached hydrogen (secondary N) is 2. The molecule has 0 saturated carbocycles. The molecule has 2 unspecified atom stereocenters. The molecule has 5 nitrogen and oxygen atoms in total. The summed E-state index contributed by atoms with van der Waals surface area (Å²) in [6.07, 6.45) is 3.43. The summed E-state index contributed by atoms with van der Waals surface area (Å²) in [7, 11) is 0. The first-order valence-electron chi connectivity index (χ1n) is 8.11. The van der Waals surface area contributed by atoms with E-state index < -0.39 is 6.04 Å². The van der Waals surface area contributed by atoms with Crippen LogP contribution in [0.5, 0.6) is 0 Å². The second-order valence-corrected chi connectivity index (χ2v) is 6.47. The normalized spacial score (nSPS) is 14.1. The molecule has 0 aromatic rings. The third-order valence-electron chi connectivity index (χ3n) is 3.40. The van der Waals surface area contributed by atoms with Gasteiger partial charge in [-0.2, -0.15) is 0 Å². The third kappa shape index (κ3) is 8.71. The van der Waals surface area contributed by atoms with Crippen molar-refractivity contribution < 1.29 is 9.59 Å². The van der Waals surface area contributed by atoms with Crippen molar-refractivity contribution in [3.8, 4) is 0 Å². The van der Waals surface area contributed by atoms with Gasteiger partial charge in [0.1, 0.15) is 6.04 Å². The summed E-state index contributed by atoms with van der Waals surface area (Å²) >= 11 is 0. The molecule has 124 valence electrons. The number of amides is 2. The van der Waals surface area contributed by atoms with Crippen LogP contribution < -0.4 is 16.4 Å². The number of unbranched alkanes of at least 4 members (excludes halogenated alkanes) is 1. The zero-order valence-electron chi connectivity index (χ0n) is 14.2. The van der Waals surface area contributed by atoms with Gasteiger partial charge < -0.3 is 16.4 Å². The second kappa shape index (κ2) is 10.6. The number of hydrogen-bond donors (Lipinski definition) is 3. The van der Waals surface area contributed by atoms with Gasteiger partial charge in [0, 0.05) is 19.0 Å². The van der Waals surface area contributed by atoms with Crippen molar-refractivity contribution in [3.63, 3.8) is 0 Å². The minimum absolute atomic E-state index is 0.0132. The molecular formula is C16H33N3O2. The molecule has 0 spiro atoms. The largest absolute Gasteiger partial charge is 0.350 e. The lowest BCUT2D eigenvalue weighted by Gasteiger charge is -2.25. The van der Waals surface area contributed by atoms with E-state index in [9.17, 15) is 9.59 Å². The maximum absolute atomic E-state index is 12.4. The molecule has 2 amide bonds. The quantitative estimate of drug-likeness (QED) is 0.575. The fraction of sp³-hybridized carbons (Fsp3) is 0.875. The maximum atomic E-state index is 12.4. The Kier molecular flexibility index (Phi) is 10.0. The Bertz CT molecular complexity index is 317. The summed E-state index contributed by atoms with van der Waals surface area (Å²) in [4.78, 5) is 24.2. The van der Waals surface area contributed by atoms with Crippen molar-refractivity contribution >= 4 is 11.8 Å². The molecule has 4 N–H and O–H groups in total. The Labute approximate surface area is 129 Å². The summed E-state index contributed by atoms with van der Waals surface area (Å²) in [5.74, 6) is 0.123. The standard InChI is InChI=1S/C16H33N3O2/c1-6-7-8-13(10-17)18-16(21)15(12(4)5)19-14(20)9-11(2)3/h11-13,15H,6-10,17H2,1-5H3,(H,18,21)(H,19,20). The lowest BCUT2D eigenvalue weighted by atomic mass is 10.0. The van der Waals surface area contributed by atoms with Gasteiger partial charge >= 0.3 is 0 Å². The number of carbonyl (C=O) groups is 2. The van der Waals surface area contributed by atoms with Crippen LogP contribution in [0, 0.1) is 11.8 Å². The van der Waals surface area contributed by atoms with Crippen molar-refractivity contribution in [2.45, 2.75) is 72.4 Å². The zero-order chi connectivity index (χ0) is 16.4. The van der Waals surface area contributed by atoms with Crippen LogP contribution in [0.1, 0.15) is 60.3 Å². The van der Waals surface area contributed by atoms with Crippen molar-refractivity contribution in [1.82, 2.24) is 10.6 Å². The van der Waals surface area contributed by atoms with Crippen LogP contribution in [0.25, 0.3) is 0 Å². The van der Waals surface area contributed by atoms with Gasteiger partial charge in [0.05, 0.1) is 0 Å². The summed E-state index contributed by atoms with van der Waals surface area (Å²) in [6.45, 7) is 10.4. The average molecular weight is 299 g/mol. The van der Waals surface area contributed by atoms with Crippen LogP contribution in [0.4, 0.5) is 0 Å². The van der Waals surface area contributed by atoms with Crippen molar-refractivity contribution in [2.75, 3.05) is 6.54 Å². The van der Waals surface area contributed by atoms with E-state index in [-0.39, 0.29) is 29.7 Å². The van der Waals surface area contributed by atoms with Gasteiger partial charge in [-0.25, -0.2) is 0 Å². The third-order valence-corrected chi connectivity index (χ3v) is 3.40. The zero-order valence-corrected chi connectivity index (χ0v) is 14.2. The summed E-state index contributed by atoms with van der Waals surface area (Å²) in [5.41, 5.74) is 5.70. The molecule has 0 aliphatic rings. The topological polar surface area (TPSA) is 84.2 Å². The first-order valence-corrected chi connectivity index (χ1v) is 8.11. The Balaban J connectivity index is 4.57. The van der Waals surface area contributed by atoms with Gasteiger partial charge in [0.15, 0.2) is 0 Å². The summed E-state index contributed by atoms with van der Waals surface area (Å²) in [6, 6.07) is -0.507. The van der Waals surface area contributed by atoms with Gasteiger partial charge in [0.2, 0.25) is 11.8 Å². The predicted molar refractivity (Wildman–Crippen MR) is 86.7 cm³/mol. The van der Waals surface area contributed by atoms with Gasteiger partial charge in [-0.3, -0.25) is 9.59 Å². The van der Waals surface area contributed by atoms with E-state index in [1.165, 1.54) is 0 Å². The van der Waals surface area contributed by atoms with Crippen LogP contribution >= 0.6 is 0 Å². The molecule has 0 aromatic carbocycles. The highest BCUT2D eigenvalue weighted by Gasteiger charge is 2.25. The number of carbonyl (C=O) groups excluding carboxylic acids is 2. The highest BCUT2D eigenvalue weighted by molar-refractivity contribution is 5.88. The smallest absolute Gasteiger partial charge is 0.243 e. The molecule has 5 heteroatoms. The van der Waals surface area contributed by atoms with Gasteiger partial charge in [-0.1, -0.05) is 47.5 Å². The maximum Gasteiger partial charge on any atom is 0.243 e. The summed E-state index contributed by atoms with van der Waals surface area (Å²) in [5, 5.41) is 5.80. The SMILES string of the molecule is CCCCC(CN)NC(=O)C(NC(=O)CC(C)C)C(C)C. The fourth-order valence-electron chi connectivity index (χ4n) is 2.13. The fourth-order valence-corrected chi connectivity index (χ4v) is 2.13. The van der Waals surface area contributed by atoms with E-state index in [0.717, 1.165) is 19.3 Å². The summed E-state index contributed by atoms with van der Waals surface area (Å²) < 4.78 is 0.